The maximum Gasteiger partial charge on any atom is 0.257 e. The Morgan fingerprint density at radius 3 is 3.19 bits per heavy atom. The van der Waals surface area contributed by atoms with E-state index in [2.05, 4.69) is 21.6 Å². The summed E-state index contributed by atoms with van der Waals surface area (Å²) in [6.45, 7) is 0.623. The number of nitrogens with one attached hydrogen (secondary N) is 1. The third kappa shape index (κ3) is 1.66. The van der Waals surface area contributed by atoms with Crippen LogP contribution in [0.2, 0.25) is 0 Å². The highest BCUT2D eigenvalue weighted by Crippen LogP contribution is 2.35. The van der Waals surface area contributed by atoms with Crippen LogP contribution in [-0.2, 0) is 19.4 Å². The van der Waals surface area contributed by atoms with Crippen LogP contribution in [-0.4, -0.2) is 17.2 Å². The van der Waals surface area contributed by atoms with Crippen molar-refractivity contribution >= 4 is 11.3 Å². The Balaban J connectivity index is 1.89. The van der Waals surface area contributed by atoms with Crippen LogP contribution in [0.3, 0.4) is 0 Å². The maximum absolute atomic E-state index is 5.57. The normalized spacial score (nSPS) is 14.3. The summed E-state index contributed by atoms with van der Waals surface area (Å²) in [6, 6.07) is 2.20. The molecule has 0 fully saturated rings. The highest BCUT2D eigenvalue weighted by Gasteiger charge is 2.18. The summed E-state index contributed by atoms with van der Waals surface area (Å²) in [4.78, 5) is 2.60. The second kappa shape index (κ2) is 3.99. The van der Waals surface area contributed by atoms with Crippen LogP contribution in [0.4, 0.5) is 0 Å². The molecule has 0 saturated carbocycles. The molecule has 1 aliphatic rings. The Morgan fingerprint density at radius 2 is 2.38 bits per heavy atom. The van der Waals surface area contributed by atoms with Crippen molar-refractivity contribution in [1.29, 1.82) is 0 Å². The van der Waals surface area contributed by atoms with Crippen molar-refractivity contribution in [3.05, 3.63) is 22.4 Å². The first kappa shape index (κ1) is 9.99. The quantitative estimate of drug-likeness (QED) is 0.884. The van der Waals surface area contributed by atoms with Crippen molar-refractivity contribution in [2.24, 2.45) is 0 Å². The van der Waals surface area contributed by atoms with Crippen LogP contribution >= 0.6 is 11.3 Å². The van der Waals surface area contributed by atoms with E-state index in [1.165, 1.54) is 29.7 Å². The van der Waals surface area contributed by atoms with E-state index >= 15 is 0 Å². The van der Waals surface area contributed by atoms with Crippen molar-refractivity contribution in [1.82, 2.24) is 15.5 Å². The van der Waals surface area contributed by atoms with Crippen molar-refractivity contribution in [3.8, 4) is 10.8 Å². The van der Waals surface area contributed by atoms with Gasteiger partial charge in [0, 0.05) is 4.88 Å². The Hall–Kier alpha value is -1.20. The van der Waals surface area contributed by atoms with E-state index in [1.807, 2.05) is 7.05 Å². The van der Waals surface area contributed by atoms with Crippen LogP contribution < -0.4 is 5.32 Å². The van der Waals surface area contributed by atoms with E-state index in [-0.39, 0.29) is 0 Å². The Kier molecular flexibility index (Phi) is 2.49. The molecule has 0 unspecified atom stereocenters. The third-order valence-electron chi connectivity index (χ3n) is 2.75. The molecule has 2 aromatic heterocycles. The van der Waals surface area contributed by atoms with E-state index in [4.69, 9.17) is 4.42 Å². The summed E-state index contributed by atoms with van der Waals surface area (Å²) in [6.07, 6.45) is 3.69. The van der Waals surface area contributed by atoms with Crippen molar-refractivity contribution in [2.75, 3.05) is 7.05 Å². The molecule has 0 radical (unpaired) electrons. The molecule has 84 valence electrons. The number of aryl methyl sites for hydroxylation is 2. The summed E-state index contributed by atoms with van der Waals surface area (Å²) in [5, 5.41) is 11.1. The van der Waals surface area contributed by atoms with Crippen molar-refractivity contribution in [3.63, 3.8) is 0 Å². The number of nitrogens with zero attached hydrogens (tertiary/aromatic N) is 2. The first-order valence-corrected chi connectivity index (χ1v) is 6.27. The lowest BCUT2D eigenvalue weighted by Crippen LogP contribution is -2.04. The zero-order valence-electron chi connectivity index (χ0n) is 9.12. The van der Waals surface area contributed by atoms with E-state index in [9.17, 15) is 0 Å². The molecule has 0 atom stereocenters. The maximum atomic E-state index is 5.57. The van der Waals surface area contributed by atoms with Crippen LogP contribution in [0, 0.1) is 0 Å². The lowest BCUT2D eigenvalue weighted by atomic mass is 10.2. The predicted octanol–water partition coefficient (Wildman–Crippen LogP) is 2.01. The fraction of sp³-hybridized carbons (Fsp3) is 0.455. The van der Waals surface area contributed by atoms with Gasteiger partial charge >= 0.3 is 0 Å². The molecule has 3 rings (SSSR count). The summed E-state index contributed by atoms with van der Waals surface area (Å²) in [7, 11) is 1.86. The average Bonchev–Trinajstić information content (AvgIpc) is 2.88. The minimum atomic E-state index is 0.623. The minimum Gasteiger partial charge on any atom is -0.419 e. The van der Waals surface area contributed by atoms with Gasteiger partial charge in [0.25, 0.3) is 5.89 Å². The molecule has 2 aromatic rings. The first-order valence-electron chi connectivity index (χ1n) is 5.46. The van der Waals surface area contributed by atoms with Gasteiger partial charge in [0.1, 0.15) is 0 Å². The predicted molar refractivity (Wildman–Crippen MR) is 62.4 cm³/mol. The molecule has 2 heterocycles. The van der Waals surface area contributed by atoms with Gasteiger partial charge < -0.3 is 9.73 Å². The van der Waals surface area contributed by atoms with Gasteiger partial charge in [0.2, 0.25) is 5.89 Å². The molecular weight excluding hydrogens is 222 g/mol. The Labute approximate surface area is 97.7 Å². The van der Waals surface area contributed by atoms with E-state index < -0.39 is 0 Å². The molecule has 5 heteroatoms. The summed E-state index contributed by atoms with van der Waals surface area (Å²) in [5.74, 6) is 1.30. The smallest absolute Gasteiger partial charge is 0.257 e. The summed E-state index contributed by atoms with van der Waals surface area (Å²) < 4.78 is 5.57. The summed E-state index contributed by atoms with van der Waals surface area (Å²) >= 11 is 1.79. The van der Waals surface area contributed by atoms with E-state index in [0.717, 1.165) is 4.88 Å². The van der Waals surface area contributed by atoms with Gasteiger partial charge in [-0.15, -0.1) is 21.5 Å². The number of hydrogen-bond acceptors (Lipinski definition) is 5. The van der Waals surface area contributed by atoms with Crippen molar-refractivity contribution < 1.29 is 4.42 Å². The van der Waals surface area contributed by atoms with Crippen LogP contribution in [0.15, 0.2) is 10.5 Å². The molecule has 0 aliphatic heterocycles. The SMILES string of the molecule is CNCc1nnc(-c2cc3c(s2)CCC3)o1. The topological polar surface area (TPSA) is 51.0 Å². The Morgan fingerprint density at radius 1 is 1.44 bits per heavy atom. The molecule has 1 aliphatic carbocycles. The van der Waals surface area contributed by atoms with E-state index in [0.29, 0.717) is 18.3 Å². The van der Waals surface area contributed by atoms with Crippen LogP contribution in [0.1, 0.15) is 22.8 Å². The van der Waals surface area contributed by atoms with Crippen molar-refractivity contribution in [2.45, 2.75) is 25.8 Å². The molecule has 0 bridgehead atoms. The third-order valence-corrected chi connectivity index (χ3v) is 3.98. The number of fused-ring (bicyclic) bond motifs is 1. The van der Waals surface area contributed by atoms with Gasteiger partial charge in [0.05, 0.1) is 11.4 Å². The first-order chi connectivity index (χ1) is 7.86. The zero-order valence-corrected chi connectivity index (χ0v) is 9.93. The van der Waals surface area contributed by atoms with Gasteiger partial charge in [-0.2, -0.15) is 0 Å². The number of hydrogen-bond donors (Lipinski definition) is 1. The number of rotatable bonds is 3. The molecule has 0 aromatic carbocycles. The van der Waals surface area contributed by atoms with Gasteiger partial charge in [0.15, 0.2) is 0 Å². The second-order valence-electron chi connectivity index (χ2n) is 3.94. The highest BCUT2D eigenvalue weighted by molar-refractivity contribution is 7.15. The zero-order chi connectivity index (χ0) is 11.0. The molecular formula is C11H13N3OS. The average molecular weight is 235 g/mol. The van der Waals surface area contributed by atoms with Gasteiger partial charge in [-0.3, -0.25) is 0 Å². The minimum absolute atomic E-state index is 0.623. The van der Waals surface area contributed by atoms with Gasteiger partial charge in [-0.1, -0.05) is 0 Å². The standard InChI is InChI=1S/C11H13N3OS/c1-12-6-10-13-14-11(15-10)9-5-7-3-2-4-8(7)16-9/h5,12H,2-4,6H2,1H3. The number of aromatic nitrogens is 2. The second-order valence-corrected chi connectivity index (χ2v) is 5.08. The lowest BCUT2D eigenvalue weighted by molar-refractivity contribution is 0.491. The molecule has 0 saturated heterocycles. The van der Waals surface area contributed by atoms with E-state index in [1.54, 1.807) is 11.3 Å². The fourth-order valence-electron chi connectivity index (χ4n) is 2.01. The monoisotopic (exact) mass is 235 g/mol. The molecule has 0 spiro atoms. The van der Waals surface area contributed by atoms with Crippen LogP contribution in [0.5, 0.6) is 0 Å². The fourth-order valence-corrected chi connectivity index (χ4v) is 3.19. The largest absolute Gasteiger partial charge is 0.419 e. The molecule has 1 N–H and O–H groups in total. The lowest BCUT2D eigenvalue weighted by Gasteiger charge is -1.90. The summed E-state index contributed by atoms with van der Waals surface area (Å²) in [5.41, 5.74) is 1.47. The number of thiophene rings is 1. The Bertz CT molecular complexity index is 482. The van der Waals surface area contributed by atoms with Gasteiger partial charge in [-0.25, -0.2) is 0 Å². The highest BCUT2D eigenvalue weighted by atomic mass is 32.1. The van der Waals surface area contributed by atoms with Crippen LogP contribution in [0.25, 0.3) is 10.8 Å². The molecule has 0 amide bonds. The molecule has 4 nitrogen and oxygen atoms in total. The van der Waals surface area contributed by atoms with Gasteiger partial charge in [-0.05, 0) is 37.9 Å². The molecule has 16 heavy (non-hydrogen) atoms.